The van der Waals surface area contributed by atoms with Crippen LogP contribution in [0.3, 0.4) is 0 Å². The second kappa shape index (κ2) is 18.0. The Balaban J connectivity index is 0.00000562. The van der Waals surface area contributed by atoms with Crippen molar-refractivity contribution in [2.45, 2.75) is 120 Å². The zero-order valence-corrected chi connectivity index (χ0v) is 25.1. The van der Waals surface area contributed by atoms with Crippen molar-refractivity contribution in [1.82, 2.24) is 4.98 Å². The van der Waals surface area contributed by atoms with Crippen LogP contribution in [-0.2, 0) is 14.3 Å². The number of aldehydes is 1. The summed E-state index contributed by atoms with van der Waals surface area (Å²) < 4.78 is 5.44. The highest BCUT2D eigenvalue weighted by Gasteiger charge is 2.39. The molecule has 1 rings (SSSR count). The minimum atomic E-state index is -0.645. The molecular weight excluding hydrogens is 454 g/mol. The molecule has 0 radical (unpaired) electrons. The average molecular weight is 508 g/mol. The van der Waals surface area contributed by atoms with Crippen LogP contribution in [0.15, 0.2) is 11.0 Å². The zero-order valence-electron chi connectivity index (χ0n) is 24.3. The summed E-state index contributed by atoms with van der Waals surface area (Å²) in [5.41, 5.74) is 1.86. The van der Waals surface area contributed by atoms with Crippen LogP contribution in [0.25, 0.3) is 6.08 Å². The molecule has 0 saturated heterocycles. The van der Waals surface area contributed by atoms with Crippen molar-refractivity contribution in [3.63, 3.8) is 0 Å². The summed E-state index contributed by atoms with van der Waals surface area (Å²) >= 11 is 1.70. The number of rotatable bonds is 17. The highest BCUT2D eigenvalue weighted by Crippen LogP contribution is 2.32. The Kier molecular flexibility index (Phi) is 17.3. The standard InChI is InChI=1S/C28H47NO3S.C2H6/c1-20(12-10-14-22(3)18-25-19-33-24(5)29-25)11-9-13-21(2)17-23(4)27(31)28(6,7)26(32-8)15-16-30;1-2/h16,18-21,23,26H,9-15,17H2,1-8H3;1-2H3/b22-18+;. The third kappa shape index (κ3) is 13.0. The lowest BCUT2D eigenvalue weighted by Gasteiger charge is -2.33. The predicted octanol–water partition coefficient (Wildman–Crippen LogP) is 8.72. The Morgan fingerprint density at radius 2 is 1.71 bits per heavy atom. The highest BCUT2D eigenvalue weighted by atomic mass is 32.1. The van der Waals surface area contributed by atoms with Gasteiger partial charge < -0.3 is 9.53 Å². The van der Waals surface area contributed by atoms with Crippen LogP contribution < -0.4 is 0 Å². The molecule has 1 aromatic heterocycles. The second-order valence-corrected chi connectivity index (χ2v) is 11.7. The number of aromatic nitrogens is 1. The maximum absolute atomic E-state index is 13.0. The van der Waals surface area contributed by atoms with Crippen molar-refractivity contribution in [3.8, 4) is 0 Å². The van der Waals surface area contributed by atoms with E-state index >= 15 is 0 Å². The van der Waals surface area contributed by atoms with E-state index in [1.807, 2.05) is 41.5 Å². The lowest BCUT2D eigenvalue weighted by atomic mass is 9.74. The predicted molar refractivity (Wildman–Crippen MR) is 152 cm³/mol. The summed E-state index contributed by atoms with van der Waals surface area (Å²) in [5, 5.41) is 3.25. The molecule has 0 aliphatic carbocycles. The number of hydrogen-bond acceptors (Lipinski definition) is 5. The van der Waals surface area contributed by atoms with Gasteiger partial charge in [-0.1, -0.05) is 79.7 Å². The molecule has 0 aliphatic rings. The van der Waals surface area contributed by atoms with E-state index in [1.165, 1.54) is 31.3 Å². The number of aryl methyl sites for hydroxylation is 1. The summed E-state index contributed by atoms with van der Waals surface area (Å²) in [6.45, 7) is 18.7. The molecule has 4 nitrogen and oxygen atoms in total. The summed E-state index contributed by atoms with van der Waals surface area (Å²) in [4.78, 5) is 28.5. The lowest BCUT2D eigenvalue weighted by molar-refractivity contribution is -0.139. The van der Waals surface area contributed by atoms with Crippen molar-refractivity contribution in [2.24, 2.45) is 23.2 Å². The largest absolute Gasteiger partial charge is 0.380 e. The van der Waals surface area contributed by atoms with Gasteiger partial charge in [-0.05, 0) is 51.0 Å². The number of carbonyl (C=O) groups excluding carboxylic acids is 2. The minimum absolute atomic E-state index is 0.0204. The normalized spacial score (nSPS) is 15.5. The quantitative estimate of drug-likeness (QED) is 0.198. The van der Waals surface area contributed by atoms with Crippen molar-refractivity contribution in [2.75, 3.05) is 7.11 Å². The van der Waals surface area contributed by atoms with Gasteiger partial charge in [0.05, 0.1) is 22.2 Å². The Morgan fingerprint density at radius 3 is 2.26 bits per heavy atom. The van der Waals surface area contributed by atoms with Gasteiger partial charge in [0.2, 0.25) is 0 Å². The number of nitrogens with zero attached hydrogens (tertiary/aromatic N) is 1. The number of methoxy groups -OCH3 is 1. The SMILES string of the molecule is CC.COC(CC=O)C(C)(C)C(=O)C(C)CC(C)CCCC(C)CCC/C(C)=C/c1csc(C)n1. The van der Waals surface area contributed by atoms with Crippen molar-refractivity contribution >= 4 is 29.5 Å². The van der Waals surface area contributed by atoms with E-state index in [4.69, 9.17) is 4.74 Å². The molecular formula is C30H53NO3S. The van der Waals surface area contributed by atoms with E-state index in [2.05, 4.69) is 37.2 Å². The number of ether oxygens (including phenoxy) is 1. The smallest absolute Gasteiger partial charge is 0.143 e. The van der Waals surface area contributed by atoms with Gasteiger partial charge in [0.25, 0.3) is 0 Å². The monoisotopic (exact) mass is 507 g/mol. The van der Waals surface area contributed by atoms with Crippen LogP contribution in [0.4, 0.5) is 0 Å². The Hall–Kier alpha value is -1.33. The second-order valence-electron chi connectivity index (χ2n) is 10.7. The van der Waals surface area contributed by atoms with E-state index < -0.39 is 5.41 Å². The molecule has 1 aromatic rings. The van der Waals surface area contributed by atoms with Crippen LogP contribution >= 0.6 is 11.3 Å². The maximum atomic E-state index is 13.0. The first-order valence-corrected chi connectivity index (χ1v) is 14.5. The molecule has 0 fully saturated rings. The summed E-state index contributed by atoms with van der Waals surface area (Å²) in [5.74, 6) is 1.43. The van der Waals surface area contributed by atoms with Crippen LogP contribution in [0.2, 0.25) is 0 Å². The van der Waals surface area contributed by atoms with Crippen molar-refractivity contribution in [1.29, 1.82) is 0 Å². The number of hydrogen-bond donors (Lipinski definition) is 0. The summed E-state index contributed by atoms with van der Waals surface area (Å²) in [6, 6.07) is 0. The van der Waals surface area contributed by atoms with Gasteiger partial charge in [-0.3, -0.25) is 4.79 Å². The zero-order chi connectivity index (χ0) is 27.0. The maximum Gasteiger partial charge on any atom is 0.143 e. The topological polar surface area (TPSA) is 56.3 Å². The molecule has 1 heterocycles. The molecule has 5 heteroatoms. The fraction of sp³-hybridized carbons (Fsp3) is 0.767. The van der Waals surface area contributed by atoms with Crippen LogP contribution in [-0.4, -0.2) is 30.3 Å². The molecule has 0 amide bonds. The Morgan fingerprint density at radius 1 is 1.11 bits per heavy atom. The molecule has 4 atom stereocenters. The lowest BCUT2D eigenvalue weighted by Crippen LogP contribution is -2.42. The Bertz CT molecular complexity index is 753. The molecule has 0 saturated carbocycles. The van der Waals surface area contributed by atoms with Gasteiger partial charge in [-0.15, -0.1) is 11.3 Å². The molecule has 0 N–H and O–H groups in total. The average Bonchev–Trinajstić information content (AvgIpc) is 3.22. The van der Waals surface area contributed by atoms with Gasteiger partial charge in [0.1, 0.15) is 12.1 Å². The number of Topliss-reactive ketones (excluding diaryl/α,β-unsaturated/α-hetero) is 1. The first kappa shape index (κ1) is 33.7. The van der Waals surface area contributed by atoms with Gasteiger partial charge in [0, 0.05) is 24.8 Å². The third-order valence-electron chi connectivity index (χ3n) is 6.93. The fourth-order valence-corrected chi connectivity index (χ4v) is 5.42. The van der Waals surface area contributed by atoms with Gasteiger partial charge in [0.15, 0.2) is 0 Å². The molecule has 35 heavy (non-hydrogen) atoms. The van der Waals surface area contributed by atoms with E-state index in [1.54, 1.807) is 18.4 Å². The van der Waals surface area contributed by atoms with E-state index in [0.29, 0.717) is 5.92 Å². The van der Waals surface area contributed by atoms with E-state index in [-0.39, 0.29) is 24.2 Å². The van der Waals surface area contributed by atoms with Crippen LogP contribution in [0.5, 0.6) is 0 Å². The fourth-order valence-electron chi connectivity index (χ4n) is 4.85. The van der Waals surface area contributed by atoms with Crippen LogP contribution in [0.1, 0.15) is 117 Å². The first-order valence-electron chi connectivity index (χ1n) is 13.6. The van der Waals surface area contributed by atoms with Crippen molar-refractivity contribution in [3.05, 3.63) is 21.7 Å². The van der Waals surface area contributed by atoms with E-state index in [9.17, 15) is 9.59 Å². The number of carbonyl (C=O) groups is 2. The molecule has 0 spiro atoms. The number of allylic oxidation sites excluding steroid dienone is 1. The van der Waals surface area contributed by atoms with Gasteiger partial charge in [-0.25, -0.2) is 4.98 Å². The Labute approximate surface area is 220 Å². The molecule has 0 bridgehead atoms. The summed E-state index contributed by atoms with van der Waals surface area (Å²) in [7, 11) is 1.58. The number of thiazole rings is 1. The first-order chi connectivity index (χ1) is 16.5. The highest BCUT2D eigenvalue weighted by molar-refractivity contribution is 7.09. The summed E-state index contributed by atoms with van der Waals surface area (Å²) in [6.07, 6.45) is 11.1. The third-order valence-corrected chi connectivity index (χ3v) is 7.72. The molecule has 4 unspecified atom stereocenters. The van der Waals surface area contributed by atoms with Gasteiger partial charge >= 0.3 is 0 Å². The molecule has 202 valence electrons. The van der Waals surface area contributed by atoms with E-state index in [0.717, 1.165) is 42.2 Å². The number of ketones is 1. The minimum Gasteiger partial charge on any atom is -0.380 e. The molecule has 0 aromatic carbocycles. The van der Waals surface area contributed by atoms with Crippen molar-refractivity contribution < 1.29 is 14.3 Å². The van der Waals surface area contributed by atoms with Gasteiger partial charge in [-0.2, -0.15) is 0 Å². The molecule has 0 aliphatic heterocycles. The van der Waals surface area contributed by atoms with Crippen LogP contribution in [0, 0.1) is 30.1 Å².